The largest absolute Gasteiger partial charge is 0.499 e. The Morgan fingerprint density at radius 2 is 2.17 bits per heavy atom. The van der Waals surface area contributed by atoms with Gasteiger partial charge in [-0.15, -0.1) is 12.6 Å². The third kappa shape index (κ3) is 1.31. The van der Waals surface area contributed by atoms with E-state index in [-0.39, 0.29) is 0 Å². The molecular formula is C8H5IOS2. The van der Waals surface area contributed by atoms with Gasteiger partial charge < -0.3 is 5.11 Å². The van der Waals surface area contributed by atoms with Crippen molar-refractivity contribution in [3.8, 4) is 5.06 Å². The average molecular weight is 308 g/mol. The van der Waals surface area contributed by atoms with Gasteiger partial charge in [-0.25, -0.2) is 0 Å². The van der Waals surface area contributed by atoms with Crippen LogP contribution in [0.25, 0.3) is 10.1 Å². The number of thiol groups is 1. The van der Waals surface area contributed by atoms with Crippen LogP contribution in [-0.2, 0) is 0 Å². The van der Waals surface area contributed by atoms with E-state index in [1.54, 1.807) is 0 Å². The van der Waals surface area contributed by atoms with E-state index < -0.39 is 0 Å². The second kappa shape index (κ2) is 3.08. The van der Waals surface area contributed by atoms with Crippen LogP contribution in [0, 0.1) is 3.57 Å². The van der Waals surface area contributed by atoms with Crippen LogP contribution < -0.4 is 0 Å². The van der Waals surface area contributed by atoms with Gasteiger partial charge in [0.15, 0.2) is 5.06 Å². The van der Waals surface area contributed by atoms with Gasteiger partial charge in [0.05, 0.1) is 3.57 Å². The Morgan fingerprint density at radius 1 is 1.42 bits per heavy atom. The zero-order valence-corrected chi connectivity index (χ0v) is 9.78. The number of rotatable bonds is 0. The molecule has 4 heteroatoms. The van der Waals surface area contributed by atoms with Crippen LogP contribution in [0.4, 0.5) is 0 Å². The smallest absolute Gasteiger partial charge is 0.186 e. The summed E-state index contributed by atoms with van der Waals surface area (Å²) in [6, 6.07) is 5.88. The van der Waals surface area contributed by atoms with Gasteiger partial charge in [-0.1, -0.05) is 17.4 Å². The van der Waals surface area contributed by atoms with Crippen molar-refractivity contribution in [3.63, 3.8) is 0 Å². The molecule has 1 aromatic carbocycles. The minimum absolute atomic E-state index is 0.393. The fraction of sp³-hybridized carbons (Fsp3) is 0. The highest BCUT2D eigenvalue weighted by atomic mass is 127. The lowest BCUT2D eigenvalue weighted by Crippen LogP contribution is -1.67. The minimum atomic E-state index is 0.393. The van der Waals surface area contributed by atoms with Crippen molar-refractivity contribution in [1.29, 1.82) is 0 Å². The molecule has 0 fully saturated rings. The van der Waals surface area contributed by atoms with Gasteiger partial charge in [-0.2, -0.15) is 0 Å². The van der Waals surface area contributed by atoms with Crippen molar-refractivity contribution < 1.29 is 5.11 Å². The van der Waals surface area contributed by atoms with Crippen LogP contribution in [0.15, 0.2) is 23.1 Å². The quantitative estimate of drug-likeness (QED) is 0.564. The fourth-order valence-electron chi connectivity index (χ4n) is 1.04. The predicted molar refractivity (Wildman–Crippen MR) is 63.5 cm³/mol. The van der Waals surface area contributed by atoms with Crippen LogP contribution in [0.3, 0.4) is 0 Å². The monoisotopic (exact) mass is 308 g/mol. The molecule has 0 radical (unpaired) electrons. The molecule has 0 spiro atoms. The van der Waals surface area contributed by atoms with Crippen LogP contribution in [0.5, 0.6) is 5.06 Å². The molecule has 2 aromatic rings. The van der Waals surface area contributed by atoms with E-state index in [0.29, 0.717) is 5.06 Å². The summed E-state index contributed by atoms with van der Waals surface area (Å²) in [5.74, 6) is 0. The Bertz CT molecular complexity index is 436. The topological polar surface area (TPSA) is 20.2 Å². The number of hydrogen-bond donors (Lipinski definition) is 2. The van der Waals surface area contributed by atoms with E-state index in [9.17, 15) is 5.11 Å². The van der Waals surface area contributed by atoms with Gasteiger partial charge in [0.25, 0.3) is 0 Å². The third-order valence-electron chi connectivity index (χ3n) is 1.60. The molecule has 0 amide bonds. The summed E-state index contributed by atoms with van der Waals surface area (Å²) in [5.41, 5.74) is 0. The first kappa shape index (κ1) is 8.65. The number of hydrogen-bond acceptors (Lipinski definition) is 3. The zero-order valence-electron chi connectivity index (χ0n) is 5.91. The summed E-state index contributed by atoms with van der Waals surface area (Å²) in [4.78, 5) is 0.931. The molecule has 0 aliphatic rings. The maximum atomic E-state index is 9.42. The van der Waals surface area contributed by atoms with Crippen LogP contribution in [-0.4, -0.2) is 5.11 Å². The lowest BCUT2D eigenvalue weighted by molar-refractivity contribution is 0.488. The Kier molecular flexibility index (Phi) is 2.22. The molecule has 62 valence electrons. The molecule has 1 N–H and O–H groups in total. The van der Waals surface area contributed by atoms with E-state index >= 15 is 0 Å². The van der Waals surface area contributed by atoms with Crippen LogP contribution in [0.2, 0.25) is 0 Å². The Labute approximate surface area is 93.0 Å². The molecule has 0 atom stereocenters. The van der Waals surface area contributed by atoms with Crippen LogP contribution in [0.1, 0.15) is 0 Å². The van der Waals surface area contributed by atoms with E-state index in [1.807, 2.05) is 18.2 Å². The van der Waals surface area contributed by atoms with Crippen LogP contribution >= 0.6 is 46.6 Å². The molecular weight excluding hydrogens is 303 g/mol. The normalized spacial score (nSPS) is 10.8. The number of halogens is 1. The highest BCUT2D eigenvalue weighted by molar-refractivity contribution is 14.1. The lowest BCUT2D eigenvalue weighted by Gasteiger charge is -1.90. The van der Waals surface area contributed by atoms with E-state index in [4.69, 9.17) is 0 Å². The van der Waals surface area contributed by atoms with Crippen molar-refractivity contribution in [2.75, 3.05) is 0 Å². The fourth-order valence-corrected chi connectivity index (χ4v) is 3.19. The van der Waals surface area contributed by atoms with Gasteiger partial charge in [0, 0.05) is 15.0 Å². The average Bonchev–Trinajstić information content (AvgIpc) is 2.28. The number of benzene rings is 1. The molecule has 12 heavy (non-hydrogen) atoms. The standard InChI is InChI=1S/C8H5IOS2/c9-7-5-2-1-4(11)3-6(5)12-8(7)10/h1-3,10-11H. The van der Waals surface area contributed by atoms with Crippen molar-refractivity contribution in [2.45, 2.75) is 4.90 Å². The Balaban J connectivity index is 2.87. The third-order valence-corrected chi connectivity index (χ3v) is 4.29. The van der Waals surface area contributed by atoms with E-state index in [1.165, 1.54) is 11.3 Å². The number of thiophene rings is 1. The summed E-state index contributed by atoms with van der Waals surface area (Å²) in [7, 11) is 0. The van der Waals surface area contributed by atoms with Gasteiger partial charge >= 0.3 is 0 Å². The summed E-state index contributed by atoms with van der Waals surface area (Å²) in [6.45, 7) is 0. The molecule has 0 saturated carbocycles. The highest BCUT2D eigenvalue weighted by Gasteiger charge is 2.07. The first-order valence-corrected chi connectivity index (χ1v) is 5.62. The molecule has 0 unspecified atom stereocenters. The van der Waals surface area contributed by atoms with Crippen molar-refractivity contribution in [1.82, 2.24) is 0 Å². The Hall–Kier alpha value is 0.0600. The second-order valence-electron chi connectivity index (χ2n) is 2.40. The maximum absolute atomic E-state index is 9.42. The van der Waals surface area contributed by atoms with Crippen molar-refractivity contribution >= 4 is 56.6 Å². The summed E-state index contributed by atoms with van der Waals surface area (Å²) >= 11 is 7.76. The second-order valence-corrected chi connectivity index (χ2v) is 5.03. The van der Waals surface area contributed by atoms with Gasteiger partial charge in [-0.05, 0) is 34.7 Å². The number of aromatic hydroxyl groups is 1. The minimum Gasteiger partial charge on any atom is -0.499 e. The van der Waals surface area contributed by atoms with Crippen molar-refractivity contribution in [3.05, 3.63) is 21.8 Å². The first-order chi connectivity index (χ1) is 5.68. The summed E-state index contributed by atoms with van der Waals surface area (Å²) in [6.07, 6.45) is 0. The van der Waals surface area contributed by atoms with E-state index in [2.05, 4.69) is 35.2 Å². The molecule has 2 rings (SSSR count). The molecule has 1 nitrogen and oxygen atoms in total. The SMILES string of the molecule is Oc1sc2cc(S)ccc2c1I. The van der Waals surface area contributed by atoms with E-state index in [0.717, 1.165) is 18.6 Å². The lowest BCUT2D eigenvalue weighted by atomic mass is 10.3. The molecule has 0 aliphatic heterocycles. The Morgan fingerprint density at radius 3 is 2.92 bits per heavy atom. The zero-order chi connectivity index (χ0) is 8.72. The summed E-state index contributed by atoms with van der Waals surface area (Å²) in [5, 5.41) is 10.9. The molecule has 0 saturated heterocycles. The van der Waals surface area contributed by atoms with Gasteiger partial charge in [-0.3, -0.25) is 0 Å². The number of fused-ring (bicyclic) bond motifs is 1. The first-order valence-electron chi connectivity index (χ1n) is 3.28. The summed E-state index contributed by atoms with van der Waals surface area (Å²) < 4.78 is 2.02. The maximum Gasteiger partial charge on any atom is 0.186 e. The molecule has 0 bridgehead atoms. The van der Waals surface area contributed by atoms with Gasteiger partial charge in [0.2, 0.25) is 0 Å². The molecule has 1 heterocycles. The van der Waals surface area contributed by atoms with Gasteiger partial charge in [0.1, 0.15) is 0 Å². The predicted octanol–water partition coefficient (Wildman–Crippen LogP) is 3.50. The molecule has 0 aliphatic carbocycles. The highest BCUT2D eigenvalue weighted by Crippen LogP contribution is 2.38. The molecule has 1 aromatic heterocycles. The van der Waals surface area contributed by atoms with Crippen molar-refractivity contribution in [2.24, 2.45) is 0 Å².